The molecule has 0 saturated heterocycles. The van der Waals surface area contributed by atoms with Crippen molar-refractivity contribution in [2.75, 3.05) is 11.5 Å². The van der Waals surface area contributed by atoms with Crippen molar-refractivity contribution in [1.29, 1.82) is 0 Å². The summed E-state index contributed by atoms with van der Waals surface area (Å²) in [4.78, 5) is 31.1. The molecule has 0 aliphatic heterocycles. The monoisotopic (exact) mass is 480 g/mol. The van der Waals surface area contributed by atoms with Crippen molar-refractivity contribution >= 4 is 38.1 Å². The van der Waals surface area contributed by atoms with E-state index in [1.54, 1.807) is 0 Å². The van der Waals surface area contributed by atoms with E-state index < -0.39 is 56.1 Å². The molecule has 0 aromatic rings. The van der Waals surface area contributed by atoms with Crippen LogP contribution in [-0.2, 0) is 34.6 Å². The van der Waals surface area contributed by atoms with Crippen LogP contribution in [0.5, 0.6) is 0 Å². The molecule has 0 aromatic carbocycles. The van der Waals surface area contributed by atoms with E-state index in [0.29, 0.717) is 0 Å². The molecule has 0 amide bonds. The third kappa shape index (κ3) is 21.2. The first-order valence-electron chi connectivity index (χ1n) is 7.59. The number of carboxylic acid groups (broad SMARTS) is 3. The van der Waals surface area contributed by atoms with E-state index >= 15 is 0 Å². The predicted molar refractivity (Wildman–Crippen MR) is 97.9 cm³/mol. The van der Waals surface area contributed by atoms with Crippen LogP contribution in [0.2, 0.25) is 0 Å². The van der Waals surface area contributed by atoms with Gasteiger partial charge >= 0.3 is 41.5 Å². The Balaban J connectivity index is -0.000000497. The minimum Gasteiger partial charge on any atom is -0.545 e. The summed E-state index contributed by atoms with van der Waals surface area (Å²) >= 11 is 0. The summed E-state index contributed by atoms with van der Waals surface area (Å²) in [6.45, 7) is 4.40. The van der Waals surface area contributed by atoms with Gasteiger partial charge in [0.25, 0.3) is 20.2 Å². The standard InChI is InChI=1S/C9H12O7S.C6H10O5S.Na/c1-6(8(10)11)2-3-7(9(12)13)4-5-17(14,15)16;1-5(6(7)8)3-2-4-12(9,10)11;/h2-3H,4-5H2,1H3,(H,10,11)(H,12,13)(H,14,15,16);1-4H2,(H,7,8)(H,9,10,11);/q;;+1/p-1. The van der Waals surface area contributed by atoms with Gasteiger partial charge in [-0.3, -0.25) is 9.11 Å². The average Bonchev–Trinajstić information content (AvgIpc) is 2.52. The first kappa shape index (κ1) is 33.1. The number of hydrogen-bond donors (Lipinski definition) is 4. The quantitative estimate of drug-likeness (QED) is 0.0969. The van der Waals surface area contributed by atoms with Crippen molar-refractivity contribution in [2.45, 2.75) is 26.2 Å². The number of aliphatic carboxylic acids is 3. The topological polar surface area (TPSA) is 223 Å². The van der Waals surface area contributed by atoms with Crippen molar-refractivity contribution in [2.24, 2.45) is 0 Å². The summed E-state index contributed by atoms with van der Waals surface area (Å²) in [7, 11) is -8.25. The number of allylic oxidation sites excluding steroid dienone is 2. The Morgan fingerprint density at radius 1 is 0.900 bits per heavy atom. The number of carboxylic acids is 3. The first-order chi connectivity index (χ1) is 13.0. The normalized spacial score (nSPS) is 12.1. The van der Waals surface area contributed by atoms with Crippen molar-refractivity contribution in [3.63, 3.8) is 0 Å². The Hall–Kier alpha value is -1.55. The minimum atomic E-state index is -4.25. The molecule has 0 spiro atoms. The molecule has 0 unspecified atom stereocenters. The Labute approximate surface area is 195 Å². The fourth-order valence-electron chi connectivity index (χ4n) is 1.37. The molecular weight excluding hydrogens is 459 g/mol. The van der Waals surface area contributed by atoms with E-state index in [2.05, 4.69) is 6.58 Å². The van der Waals surface area contributed by atoms with Crippen LogP contribution < -0.4 is 34.7 Å². The summed E-state index contributed by atoms with van der Waals surface area (Å²) in [6, 6.07) is 0. The third-order valence-corrected chi connectivity index (χ3v) is 4.47. The molecule has 0 radical (unpaired) electrons. The van der Waals surface area contributed by atoms with Gasteiger partial charge in [-0.25, -0.2) is 9.59 Å². The van der Waals surface area contributed by atoms with Gasteiger partial charge in [-0.1, -0.05) is 18.7 Å². The van der Waals surface area contributed by atoms with Gasteiger partial charge in [0, 0.05) is 11.1 Å². The van der Waals surface area contributed by atoms with Crippen LogP contribution in [0.15, 0.2) is 35.5 Å². The molecule has 30 heavy (non-hydrogen) atoms. The molecule has 0 aliphatic carbocycles. The SMILES string of the molecule is C=C(CCCS(=O)(=O)O)C(=O)[O-].CC(=CC=C(CCS(=O)(=O)O)C(=O)O)C(=O)O.[Na+]. The molecular formula is C15H21NaO12S2. The zero-order valence-electron chi connectivity index (χ0n) is 16.3. The molecule has 0 atom stereocenters. The fourth-order valence-corrected chi connectivity index (χ4v) is 2.35. The van der Waals surface area contributed by atoms with E-state index in [1.165, 1.54) is 6.92 Å². The van der Waals surface area contributed by atoms with Gasteiger partial charge < -0.3 is 20.1 Å². The van der Waals surface area contributed by atoms with Crippen molar-refractivity contribution < 1.29 is 85.2 Å². The molecule has 0 bridgehead atoms. The van der Waals surface area contributed by atoms with E-state index in [4.69, 9.17) is 19.3 Å². The summed E-state index contributed by atoms with van der Waals surface area (Å²) in [5.74, 6) is -5.17. The van der Waals surface area contributed by atoms with Gasteiger partial charge in [0.15, 0.2) is 0 Å². The maximum Gasteiger partial charge on any atom is 1.00 e. The maximum atomic E-state index is 10.7. The molecule has 4 N–H and O–H groups in total. The molecule has 12 nitrogen and oxygen atoms in total. The van der Waals surface area contributed by atoms with Gasteiger partial charge in [-0.15, -0.1) is 0 Å². The summed E-state index contributed by atoms with van der Waals surface area (Å²) in [5.41, 5.74) is -0.558. The van der Waals surface area contributed by atoms with Gasteiger partial charge in [0.1, 0.15) is 0 Å². The first-order valence-corrected chi connectivity index (χ1v) is 10.8. The van der Waals surface area contributed by atoms with Crippen LogP contribution in [-0.4, -0.2) is 65.6 Å². The van der Waals surface area contributed by atoms with Crippen molar-refractivity contribution in [1.82, 2.24) is 0 Å². The fraction of sp³-hybridized carbons (Fsp3) is 0.400. The second kappa shape index (κ2) is 15.3. The van der Waals surface area contributed by atoms with E-state index in [-0.39, 0.29) is 59.1 Å². The largest absolute Gasteiger partial charge is 1.00 e. The summed E-state index contributed by atoms with van der Waals surface area (Å²) in [5, 5.41) is 27.2. The van der Waals surface area contributed by atoms with Crippen LogP contribution in [0.25, 0.3) is 0 Å². The Morgan fingerprint density at radius 2 is 1.37 bits per heavy atom. The van der Waals surface area contributed by atoms with Crippen LogP contribution in [0.3, 0.4) is 0 Å². The molecule has 15 heteroatoms. The van der Waals surface area contributed by atoms with Crippen molar-refractivity contribution in [3.8, 4) is 0 Å². The second-order valence-corrected chi connectivity index (χ2v) is 8.61. The van der Waals surface area contributed by atoms with Gasteiger partial charge in [-0.05, 0) is 31.8 Å². The number of rotatable bonds is 11. The average molecular weight is 480 g/mol. The molecule has 166 valence electrons. The van der Waals surface area contributed by atoms with Gasteiger partial charge in [0.05, 0.1) is 17.5 Å². The molecule has 0 aliphatic rings. The van der Waals surface area contributed by atoms with Crippen LogP contribution >= 0.6 is 0 Å². The second-order valence-electron chi connectivity index (χ2n) is 5.47. The predicted octanol–water partition coefficient (Wildman–Crippen LogP) is -3.73. The van der Waals surface area contributed by atoms with Crippen LogP contribution in [0.1, 0.15) is 26.2 Å². The van der Waals surface area contributed by atoms with E-state index in [1.807, 2.05) is 0 Å². The molecule has 0 aromatic heterocycles. The third-order valence-electron chi connectivity index (χ3n) is 2.95. The maximum absolute atomic E-state index is 10.7. The molecule has 0 rings (SSSR count). The number of hydrogen-bond acceptors (Lipinski definition) is 8. The Morgan fingerprint density at radius 3 is 1.70 bits per heavy atom. The van der Waals surface area contributed by atoms with Gasteiger partial charge in [-0.2, -0.15) is 16.8 Å². The summed E-state index contributed by atoms with van der Waals surface area (Å²) < 4.78 is 57.9. The van der Waals surface area contributed by atoms with Crippen LogP contribution in [0, 0.1) is 0 Å². The molecule has 0 heterocycles. The van der Waals surface area contributed by atoms with E-state index in [0.717, 1.165) is 12.2 Å². The van der Waals surface area contributed by atoms with Crippen molar-refractivity contribution in [3.05, 3.63) is 35.5 Å². The zero-order chi connectivity index (χ0) is 23.4. The Bertz CT molecular complexity index is 898. The van der Waals surface area contributed by atoms with E-state index in [9.17, 15) is 36.3 Å². The Kier molecular flexibility index (Phi) is 16.9. The molecule has 0 saturated carbocycles. The molecule has 0 fully saturated rings. The minimum absolute atomic E-state index is 0. The van der Waals surface area contributed by atoms with Gasteiger partial charge in [0.2, 0.25) is 0 Å². The number of carbonyl (C=O) groups excluding carboxylic acids is 1. The number of carbonyl (C=O) groups is 3. The smallest absolute Gasteiger partial charge is 0.545 e. The van der Waals surface area contributed by atoms with Crippen LogP contribution in [0.4, 0.5) is 0 Å². The zero-order valence-corrected chi connectivity index (χ0v) is 19.9. The summed E-state index contributed by atoms with van der Waals surface area (Å²) in [6.07, 6.45) is 1.68.